The van der Waals surface area contributed by atoms with Gasteiger partial charge in [0, 0.05) is 24.4 Å². The molecule has 10 nitrogen and oxygen atoms in total. The van der Waals surface area contributed by atoms with Crippen molar-refractivity contribution in [2.75, 3.05) is 20.3 Å². The highest BCUT2D eigenvalue weighted by molar-refractivity contribution is 5.88. The molecule has 10 heteroatoms. The van der Waals surface area contributed by atoms with Gasteiger partial charge in [0.15, 0.2) is 5.65 Å². The minimum absolute atomic E-state index is 0.217. The monoisotopic (exact) mass is 380 g/mol. The normalized spacial score (nSPS) is 11.0. The molecule has 4 rings (SSSR count). The first-order valence-corrected chi connectivity index (χ1v) is 8.35. The topological polar surface area (TPSA) is 131 Å². The van der Waals surface area contributed by atoms with Gasteiger partial charge in [-0.2, -0.15) is 10.1 Å². The summed E-state index contributed by atoms with van der Waals surface area (Å²) in [4.78, 5) is 19.8. The number of nitrogens with two attached hydrogens (primary N) is 1. The Hall–Kier alpha value is -3.79. The van der Waals surface area contributed by atoms with Crippen molar-refractivity contribution in [3.63, 3.8) is 0 Å². The van der Waals surface area contributed by atoms with Gasteiger partial charge in [-0.15, -0.1) is 0 Å². The third-order valence-corrected chi connectivity index (χ3v) is 3.89. The van der Waals surface area contributed by atoms with Crippen LogP contribution in [0.3, 0.4) is 0 Å². The van der Waals surface area contributed by atoms with Crippen LogP contribution < -0.4 is 10.5 Å². The summed E-state index contributed by atoms with van der Waals surface area (Å²) in [6.07, 6.45) is 3.48. The lowest BCUT2D eigenvalue weighted by atomic mass is 10.1. The van der Waals surface area contributed by atoms with Crippen LogP contribution in [0.5, 0.6) is 5.75 Å². The number of amides is 1. The number of hydrogen-bond donors (Lipinski definition) is 1. The van der Waals surface area contributed by atoms with Gasteiger partial charge in [0.1, 0.15) is 12.4 Å². The van der Waals surface area contributed by atoms with Crippen molar-refractivity contribution in [2.24, 2.45) is 5.73 Å². The molecule has 1 aromatic carbocycles. The van der Waals surface area contributed by atoms with Gasteiger partial charge in [0.2, 0.25) is 5.82 Å². The zero-order valence-corrected chi connectivity index (χ0v) is 14.9. The number of benzene rings is 1. The lowest BCUT2D eigenvalue weighted by molar-refractivity contribution is 0.0958. The minimum atomic E-state index is -0.794. The first kappa shape index (κ1) is 17.6. The van der Waals surface area contributed by atoms with Gasteiger partial charge >= 0.3 is 11.8 Å². The van der Waals surface area contributed by atoms with E-state index < -0.39 is 5.91 Å². The number of rotatable bonds is 7. The predicted molar refractivity (Wildman–Crippen MR) is 97.6 cm³/mol. The van der Waals surface area contributed by atoms with Crippen LogP contribution in [-0.2, 0) is 4.74 Å². The second-order valence-corrected chi connectivity index (χ2v) is 5.83. The van der Waals surface area contributed by atoms with Crippen LogP contribution in [0.4, 0.5) is 0 Å². The van der Waals surface area contributed by atoms with E-state index in [9.17, 15) is 4.79 Å². The molecule has 3 heterocycles. The van der Waals surface area contributed by atoms with Crippen molar-refractivity contribution >= 4 is 11.6 Å². The SMILES string of the molecule is COCCOc1cc(-c2cn3ncccc3n2)cc(-c2noc(C(N)=O)n2)c1. The van der Waals surface area contributed by atoms with Gasteiger partial charge in [0.05, 0.1) is 18.5 Å². The molecule has 2 N–H and O–H groups in total. The van der Waals surface area contributed by atoms with E-state index in [0.717, 1.165) is 5.56 Å². The predicted octanol–water partition coefficient (Wildman–Crippen LogP) is 1.57. The van der Waals surface area contributed by atoms with Crippen molar-refractivity contribution in [3.8, 4) is 28.4 Å². The Morgan fingerprint density at radius 2 is 2.07 bits per heavy atom. The standard InChI is InChI=1S/C18H16N6O4/c1-26-5-6-27-13-8-11(14-10-24-15(21-14)3-2-4-20-24)7-12(9-13)17-22-18(16(19)25)28-23-17/h2-4,7-10H,5-6H2,1H3,(H2,19,25). The molecule has 0 saturated heterocycles. The number of fused-ring (bicyclic) bond motifs is 1. The number of carbonyl (C=O) groups is 1. The highest BCUT2D eigenvalue weighted by Crippen LogP contribution is 2.30. The summed E-state index contributed by atoms with van der Waals surface area (Å²) in [6.45, 7) is 0.802. The van der Waals surface area contributed by atoms with E-state index in [4.69, 9.17) is 19.7 Å². The van der Waals surface area contributed by atoms with Crippen molar-refractivity contribution in [3.05, 3.63) is 48.6 Å². The van der Waals surface area contributed by atoms with Crippen LogP contribution in [0.25, 0.3) is 28.3 Å². The average Bonchev–Trinajstić information content (AvgIpc) is 3.35. The average molecular weight is 380 g/mol. The molecule has 4 aromatic rings. The van der Waals surface area contributed by atoms with Crippen LogP contribution in [0.2, 0.25) is 0 Å². The molecule has 1 amide bonds. The van der Waals surface area contributed by atoms with Crippen molar-refractivity contribution in [2.45, 2.75) is 0 Å². The van der Waals surface area contributed by atoms with E-state index in [1.165, 1.54) is 0 Å². The molecule has 0 atom stereocenters. The van der Waals surface area contributed by atoms with Gasteiger partial charge in [-0.3, -0.25) is 4.79 Å². The van der Waals surface area contributed by atoms with E-state index in [1.54, 1.807) is 30.1 Å². The Morgan fingerprint density at radius 3 is 2.82 bits per heavy atom. The zero-order chi connectivity index (χ0) is 19.5. The summed E-state index contributed by atoms with van der Waals surface area (Å²) in [6, 6.07) is 9.07. The molecule has 0 radical (unpaired) electrons. The summed E-state index contributed by atoms with van der Waals surface area (Å²) in [5.74, 6) is -0.272. The summed E-state index contributed by atoms with van der Waals surface area (Å²) in [7, 11) is 1.60. The van der Waals surface area contributed by atoms with E-state index in [2.05, 4.69) is 20.2 Å². The molecule has 0 unspecified atom stereocenters. The smallest absolute Gasteiger partial charge is 0.316 e. The molecule has 142 valence electrons. The summed E-state index contributed by atoms with van der Waals surface area (Å²) >= 11 is 0. The summed E-state index contributed by atoms with van der Waals surface area (Å²) < 4.78 is 17.3. The fraction of sp³-hybridized carbons (Fsp3) is 0.167. The summed E-state index contributed by atoms with van der Waals surface area (Å²) in [5, 5.41) is 8.05. The number of hydrogen-bond acceptors (Lipinski definition) is 8. The molecule has 0 aliphatic heterocycles. The molecule has 28 heavy (non-hydrogen) atoms. The Morgan fingerprint density at radius 1 is 1.21 bits per heavy atom. The Bertz CT molecular complexity index is 1100. The third-order valence-electron chi connectivity index (χ3n) is 3.89. The quantitative estimate of drug-likeness (QED) is 0.478. The molecule has 0 spiro atoms. The van der Waals surface area contributed by atoms with Crippen LogP contribution in [0.15, 0.2) is 47.2 Å². The van der Waals surface area contributed by atoms with Crippen LogP contribution >= 0.6 is 0 Å². The molecular formula is C18H16N6O4. The first-order chi connectivity index (χ1) is 13.6. The van der Waals surface area contributed by atoms with Crippen molar-refractivity contribution in [1.82, 2.24) is 24.7 Å². The first-order valence-electron chi connectivity index (χ1n) is 8.35. The largest absolute Gasteiger partial charge is 0.491 e. The van der Waals surface area contributed by atoms with E-state index >= 15 is 0 Å². The maximum absolute atomic E-state index is 11.2. The Labute approximate surface area is 158 Å². The lowest BCUT2D eigenvalue weighted by Gasteiger charge is -2.09. The highest BCUT2D eigenvalue weighted by Gasteiger charge is 2.16. The maximum Gasteiger partial charge on any atom is 0.316 e. The summed E-state index contributed by atoms with van der Waals surface area (Å²) in [5.41, 5.74) is 7.94. The van der Waals surface area contributed by atoms with Crippen molar-refractivity contribution in [1.29, 1.82) is 0 Å². The fourth-order valence-electron chi connectivity index (χ4n) is 2.61. The molecule has 3 aromatic heterocycles. The number of ether oxygens (including phenoxy) is 2. The van der Waals surface area contributed by atoms with Crippen LogP contribution in [0.1, 0.15) is 10.7 Å². The molecule has 0 aliphatic rings. The van der Waals surface area contributed by atoms with Gasteiger partial charge in [-0.05, 0) is 30.3 Å². The number of imidazole rings is 1. The van der Waals surface area contributed by atoms with Gasteiger partial charge in [-0.1, -0.05) is 5.16 Å². The van der Waals surface area contributed by atoms with Gasteiger partial charge < -0.3 is 19.7 Å². The molecule has 0 saturated carbocycles. The highest BCUT2D eigenvalue weighted by atomic mass is 16.5. The molecule has 0 fully saturated rings. The second kappa shape index (κ2) is 7.45. The lowest BCUT2D eigenvalue weighted by Crippen LogP contribution is -2.11. The number of methoxy groups -OCH3 is 1. The van der Waals surface area contributed by atoms with Gasteiger partial charge in [-0.25, -0.2) is 9.50 Å². The minimum Gasteiger partial charge on any atom is -0.491 e. The molecule has 0 aliphatic carbocycles. The van der Waals surface area contributed by atoms with Gasteiger partial charge in [0.25, 0.3) is 0 Å². The van der Waals surface area contributed by atoms with E-state index in [-0.39, 0.29) is 11.7 Å². The number of nitrogens with zero attached hydrogens (tertiary/aromatic N) is 5. The zero-order valence-electron chi connectivity index (χ0n) is 14.9. The Balaban J connectivity index is 1.77. The van der Waals surface area contributed by atoms with Crippen LogP contribution in [0, 0.1) is 0 Å². The van der Waals surface area contributed by atoms with E-state index in [0.29, 0.717) is 35.9 Å². The number of aromatic nitrogens is 5. The molecule has 0 bridgehead atoms. The fourth-order valence-corrected chi connectivity index (χ4v) is 2.61. The Kier molecular flexibility index (Phi) is 4.68. The van der Waals surface area contributed by atoms with Crippen LogP contribution in [-0.4, -0.2) is 51.0 Å². The second-order valence-electron chi connectivity index (χ2n) is 5.83. The molecular weight excluding hydrogens is 364 g/mol. The number of primary amides is 1. The third kappa shape index (κ3) is 3.53. The van der Waals surface area contributed by atoms with E-state index in [1.807, 2.05) is 24.3 Å². The van der Waals surface area contributed by atoms with Crippen molar-refractivity contribution < 1.29 is 18.8 Å². The number of carbonyl (C=O) groups excluding carboxylic acids is 1. The maximum atomic E-state index is 11.2.